The topological polar surface area (TPSA) is 86.8 Å². The number of nitrogens with one attached hydrogen (secondary N) is 1. The summed E-state index contributed by atoms with van der Waals surface area (Å²) in [6.45, 7) is 0.798. The van der Waals surface area contributed by atoms with Crippen LogP contribution < -0.4 is 9.62 Å². The minimum absolute atomic E-state index is 0.0502. The molecule has 45 heavy (non-hydrogen) atoms. The van der Waals surface area contributed by atoms with Gasteiger partial charge in [-0.25, -0.2) is 12.8 Å². The Balaban J connectivity index is 1.82. The Morgan fingerprint density at radius 3 is 2.04 bits per heavy atom. The lowest BCUT2D eigenvalue weighted by Gasteiger charge is -2.34. The van der Waals surface area contributed by atoms with Crippen LogP contribution in [0, 0.1) is 5.82 Å². The summed E-state index contributed by atoms with van der Waals surface area (Å²) in [5.41, 5.74) is -0.338. The molecule has 0 fully saturated rings. The Hall–Kier alpha value is -4.71. The average molecular weight is 642 g/mol. The van der Waals surface area contributed by atoms with Gasteiger partial charge in [-0.05, 0) is 60.5 Å². The molecule has 1 atom stereocenters. The van der Waals surface area contributed by atoms with E-state index in [-0.39, 0.29) is 30.1 Å². The molecule has 4 aromatic rings. The third-order valence-corrected chi connectivity index (χ3v) is 8.75. The van der Waals surface area contributed by atoms with Crippen molar-refractivity contribution in [2.24, 2.45) is 0 Å². The number of sulfonamides is 1. The van der Waals surface area contributed by atoms with Crippen LogP contribution in [0.5, 0.6) is 0 Å². The molecule has 7 nitrogen and oxygen atoms in total. The number of carbonyl (C=O) groups is 2. The maximum atomic E-state index is 14.2. The van der Waals surface area contributed by atoms with E-state index >= 15 is 0 Å². The van der Waals surface area contributed by atoms with Crippen molar-refractivity contribution in [1.82, 2.24) is 10.2 Å². The van der Waals surface area contributed by atoms with Crippen molar-refractivity contribution in [1.29, 1.82) is 0 Å². The molecule has 0 bridgehead atoms. The van der Waals surface area contributed by atoms with Gasteiger partial charge in [0.25, 0.3) is 10.0 Å². The van der Waals surface area contributed by atoms with Gasteiger partial charge in [-0.2, -0.15) is 13.2 Å². The second kappa shape index (κ2) is 14.4. The second-order valence-electron chi connectivity index (χ2n) is 10.1. The van der Waals surface area contributed by atoms with Gasteiger partial charge in [0.1, 0.15) is 18.4 Å². The van der Waals surface area contributed by atoms with E-state index in [0.717, 1.165) is 12.1 Å². The molecule has 0 saturated carbocycles. The van der Waals surface area contributed by atoms with Gasteiger partial charge in [0.2, 0.25) is 11.8 Å². The molecule has 1 N–H and O–H groups in total. The van der Waals surface area contributed by atoms with E-state index < -0.39 is 52.0 Å². The molecule has 0 aliphatic carbocycles. The molecule has 4 aromatic carbocycles. The van der Waals surface area contributed by atoms with E-state index in [1.54, 1.807) is 43.3 Å². The lowest BCUT2D eigenvalue weighted by molar-refractivity contribution is -0.140. The first kappa shape index (κ1) is 33.2. The molecule has 2 amide bonds. The van der Waals surface area contributed by atoms with E-state index in [1.807, 2.05) is 0 Å². The van der Waals surface area contributed by atoms with Gasteiger partial charge in [-0.1, -0.05) is 66.7 Å². The molecule has 0 unspecified atom stereocenters. The summed E-state index contributed by atoms with van der Waals surface area (Å²) >= 11 is 0. The fourth-order valence-electron chi connectivity index (χ4n) is 4.72. The third kappa shape index (κ3) is 8.48. The number of hydrogen-bond acceptors (Lipinski definition) is 4. The minimum Gasteiger partial charge on any atom is -0.355 e. The van der Waals surface area contributed by atoms with E-state index in [4.69, 9.17) is 0 Å². The molecule has 12 heteroatoms. The molecule has 0 spiro atoms. The van der Waals surface area contributed by atoms with E-state index in [9.17, 15) is 35.6 Å². The van der Waals surface area contributed by atoms with Gasteiger partial charge in [-0.15, -0.1) is 0 Å². The lowest BCUT2D eigenvalue weighted by Crippen LogP contribution is -2.53. The fourth-order valence-corrected chi connectivity index (χ4v) is 6.15. The van der Waals surface area contributed by atoms with E-state index in [1.165, 1.54) is 59.5 Å². The van der Waals surface area contributed by atoms with Gasteiger partial charge in [-0.3, -0.25) is 13.9 Å². The number of carbonyl (C=O) groups excluding carboxylic acids is 2. The second-order valence-corrected chi connectivity index (χ2v) is 12.0. The van der Waals surface area contributed by atoms with Crippen LogP contribution in [-0.4, -0.2) is 44.3 Å². The molecular formula is C33H31F4N3O4S. The number of amides is 2. The Bertz CT molecular complexity index is 1700. The Labute approximate surface area is 259 Å². The van der Waals surface area contributed by atoms with Crippen molar-refractivity contribution in [2.75, 3.05) is 17.4 Å². The summed E-state index contributed by atoms with van der Waals surface area (Å²) in [5.74, 6) is -1.90. The summed E-state index contributed by atoms with van der Waals surface area (Å²) in [4.78, 5) is 28.6. The molecule has 0 saturated heterocycles. The largest absolute Gasteiger partial charge is 0.416 e. The third-order valence-electron chi connectivity index (χ3n) is 6.96. The normalized spacial score (nSPS) is 12.3. The number of likely N-dealkylation sites (N-methyl/N-ethyl adjacent to an activating group) is 1. The monoisotopic (exact) mass is 641 g/mol. The highest BCUT2D eigenvalue weighted by atomic mass is 32.2. The predicted octanol–water partition coefficient (Wildman–Crippen LogP) is 5.82. The Morgan fingerprint density at radius 1 is 0.822 bits per heavy atom. The summed E-state index contributed by atoms with van der Waals surface area (Å²) in [6, 6.07) is 23.6. The van der Waals surface area contributed by atoms with Crippen LogP contribution in [-0.2, 0) is 38.8 Å². The molecule has 0 heterocycles. The first-order valence-electron chi connectivity index (χ1n) is 14.0. The van der Waals surface area contributed by atoms with E-state index in [2.05, 4.69) is 5.32 Å². The smallest absolute Gasteiger partial charge is 0.355 e. The maximum absolute atomic E-state index is 14.2. The van der Waals surface area contributed by atoms with Crippen LogP contribution in [0.2, 0.25) is 0 Å². The molecule has 0 aliphatic heterocycles. The van der Waals surface area contributed by atoms with Crippen LogP contribution in [0.1, 0.15) is 23.6 Å². The van der Waals surface area contributed by atoms with Gasteiger partial charge in [0.05, 0.1) is 16.1 Å². The number of nitrogens with zero attached hydrogens (tertiary/aromatic N) is 2. The lowest BCUT2D eigenvalue weighted by atomic mass is 10.0. The first-order chi connectivity index (χ1) is 21.4. The summed E-state index contributed by atoms with van der Waals surface area (Å²) < 4.78 is 83.1. The van der Waals surface area contributed by atoms with Crippen molar-refractivity contribution < 1.29 is 35.6 Å². The van der Waals surface area contributed by atoms with Gasteiger partial charge in [0.15, 0.2) is 0 Å². The van der Waals surface area contributed by atoms with Crippen LogP contribution in [0.25, 0.3) is 0 Å². The van der Waals surface area contributed by atoms with Crippen LogP contribution >= 0.6 is 0 Å². The molecule has 0 aromatic heterocycles. The zero-order valence-electron chi connectivity index (χ0n) is 24.2. The van der Waals surface area contributed by atoms with Crippen molar-refractivity contribution >= 4 is 27.5 Å². The fraction of sp³-hybridized carbons (Fsp3) is 0.212. The highest BCUT2D eigenvalue weighted by Gasteiger charge is 2.36. The SMILES string of the molecule is CCNC(=O)[C@H](Cc1ccccc1)N(Cc1ccc(F)cc1)C(=O)CN(c1cccc(C(F)(F)F)c1)S(=O)(=O)c1ccccc1. The van der Waals surface area contributed by atoms with Crippen LogP contribution in [0.15, 0.2) is 114 Å². The number of halogens is 4. The van der Waals surface area contributed by atoms with Crippen molar-refractivity contribution in [3.8, 4) is 0 Å². The number of anilines is 1. The average Bonchev–Trinajstić information content (AvgIpc) is 3.03. The van der Waals surface area contributed by atoms with Gasteiger partial charge < -0.3 is 10.2 Å². The highest BCUT2D eigenvalue weighted by molar-refractivity contribution is 7.92. The number of benzene rings is 4. The quantitative estimate of drug-likeness (QED) is 0.198. The highest BCUT2D eigenvalue weighted by Crippen LogP contribution is 2.33. The summed E-state index contributed by atoms with van der Waals surface area (Å²) in [7, 11) is -4.57. The molecular weight excluding hydrogens is 610 g/mol. The molecule has 0 aliphatic rings. The number of rotatable bonds is 12. The predicted molar refractivity (Wildman–Crippen MR) is 162 cm³/mol. The molecule has 236 valence electrons. The molecule has 4 rings (SSSR count). The van der Waals surface area contributed by atoms with Crippen molar-refractivity contribution in [3.05, 3.63) is 132 Å². The van der Waals surface area contributed by atoms with Crippen LogP contribution in [0.3, 0.4) is 0 Å². The van der Waals surface area contributed by atoms with E-state index in [0.29, 0.717) is 21.5 Å². The summed E-state index contributed by atoms with van der Waals surface area (Å²) in [6.07, 6.45) is -4.73. The van der Waals surface area contributed by atoms with Gasteiger partial charge in [0, 0.05) is 19.5 Å². The Kier molecular flexibility index (Phi) is 10.6. The number of hydrogen-bond donors (Lipinski definition) is 1. The number of alkyl halides is 3. The first-order valence-corrected chi connectivity index (χ1v) is 15.4. The van der Waals surface area contributed by atoms with Crippen LogP contribution in [0.4, 0.5) is 23.2 Å². The minimum atomic E-state index is -4.78. The molecule has 0 radical (unpaired) electrons. The van der Waals surface area contributed by atoms with Crippen molar-refractivity contribution in [3.63, 3.8) is 0 Å². The zero-order chi connectivity index (χ0) is 32.6. The van der Waals surface area contributed by atoms with Crippen molar-refractivity contribution in [2.45, 2.75) is 37.0 Å². The summed E-state index contributed by atoms with van der Waals surface area (Å²) in [5, 5.41) is 2.71. The maximum Gasteiger partial charge on any atom is 0.416 e. The Morgan fingerprint density at radius 2 is 1.44 bits per heavy atom. The zero-order valence-corrected chi connectivity index (χ0v) is 25.1. The standard InChI is InChI=1S/C33H31F4N3O4S/c1-2-38-32(42)30(20-24-10-5-3-6-11-24)39(22-25-16-18-27(34)19-17-25)31(41)23-40(45(43,44)29-14-7-4-8-15-29)28-13-9-12-26(21-28)33(35,36)37/h3-19,21,30H,2,20,22-23H2,1H3,(H,38,42)/t30-/m0/s1. The van der Waals surface area contributed by atoms with Gasteiger partial charge >= 0.3 is 6.18 Å².